The van der Waals surface area contributed by atoms with Gasteiger partial charge in [0.25, 0.3) is 5.91 Å². The zero-order valence-electron chi connectivity index (χ0n) is 15.3. The lowest BCUT2D eigenvalue weighted by atomic mass is 9.97. The van der Waals surface area contributed by atoms with Gasteiger partial charge >= 0.3 is 5.97 Å². The number of amides is 1. The summed E-state index contributed by atoms with van der Waals surface area (Å²) >= 11 is 6.04. The van der Waals surface area contributed by atoms with E-state index in [1.165, 1.54) is 7.11 Å². The van der Waals surface area contributed by atoms with Crippen molar-refractivity contribution >= 4 is 29.2 Å². The molecule has 1 aliphatic rings. The van der Waals surface area contributed by atoms with Crippen molar-refractivity contribution < 1.29 is 14.3 Å². The Hall–Kier alpha value is -3.11. The van der Waals surface area contributed by atoms with Crippen LogP contribution in [0.1, 0.15) is 37.4 Å². The van der Waals surface area contributed by atoms with Gasteiger partial charge in [-0.15, -0.1) is 0 Å². The van der Waals surface area contributed by atoms with Crippen molar-refractivity contribution in [3.63, 3.8) is 0 Å². The van der Waals surface area contributed by atoms with Crippen molar-refractivity contribution in [3.05, 3.63) is 99.6 Å². The number of benzene rings is 3. The first-order valence-electron chi connectivity index (χ1n) is 8.92. The smallest absolute Gasteiger partial charge is 0.338 e. The van der Waals surface area contributed by atoms with Crippen molar-refractivity contribution in [3.8, 4) is 0 Å². The first-order valence-corrected chi connectivity index (χ1v) is 9.30. The van der Waals surface area contributed by atoms with Crippen LogP contribution in [-0.4, -0.2) is 19.0 Å². The number of para-hydroxylation sites is 1. The average Bonchev–Trinajstić information content (AvgIpc) is 3.05. The van der Waals surface area contributed by atoms with Gasteiger partial charge in [0, 0.05) is 16.3 Å². The zero-order valence-corrected chi connectivity index (χ0v) is 16.1. The van der Waals surface area contributed by atoms with Gasteiger partial charge in [0.05, 0.1) is 19.2 Å². The van der Waals surface area contributed by atoms with Crippen LogP contribution >= 0.6 is 11.6 Å². The first kappa shape index (κ1) is 18.3. The highest BCUT2D eigenvalue weighted by atomic mass is 35.5. The van der Waals surface area contributed by atoms with Gasteiger partial charge in [-0.2, -0.15) is 0 Å². The molecule has 140 valence electrons. The van der Waals surface area contributed by atoms with E-state index in [0.29, 0.717) is 23.6 Å². The summed E-state index contributed by atoms with van der Waals surface area (Å²) in [6.45, 7) is 0.538. The topological polar surface area (TPSA) is 46.6 Å². The summed E-state index contributed by atoms with van der Waals surface area (Å²) in [6.07, 6.45) is 0.550. The number of carbonyl (C=O) groups excluding carboxylic acids is 2. The van der Waals surface area contributed by atoms with Crippen LogP contribution in [0.5, 0.6) is 0 Å². The van der Waals surface area contributed by atoms with Crippen LogP contribution in [0.2, 0.25) is 5.02 Å². The predicted molar refractivity (Wildman–Crippen MR) is 109 cm³/mol. The molecule has 0 bridgehead atoms. The van der Waals surface area contributed by atoms with Crippen LogP contribution in [0.25, 0.3) is 0 Å². The largest absolute Gasteiger partial charge is 0.465 e. The fourth-order valence-electron chi connectivity index (χ4n) is 3.52. The molecular weight excluding hydrogens is 374 g/mol. The standard InChI is InChI=1S/C23H18ClNO3/c1-28-23(27)21-13-18(24)9-8-16(21)11-15-7-10-20-17(12-15)14-25(22(20)26)19-5-3-2-4-6-19/h2-10,12-13H,11,14H2,1H3. The van der Waals surface area contributed by atoms with Crippen molar-refractivity contribution in [2.75, 3.05) is 12.0 Å². The zero-order chi connectivity index (χ0) is 19.7. The number of ether oxygens (including phenoxy) is 1. The minimum absolute atomic E-state index is 0.00879. The SMILES string of the molecule is COC(=O)c1cc(Cl)ccc1Cc1ccc2c(c1)CN(c1ccccc1)C2=O. The highest BCUT2D eigenvalue weighted by Gasteiger charge is 2.28. The molecule has 1 amide bonds. The molecule has 1 aliphatic heterocycles. The first-order chi connectivity index (χ1) is 13.6. The van der Waals surface area contributed by atoms with E-state index in [-0.39, 0.29) is 5.91 Å². The van der Waals surface area contributed by atoms with Crippen LogP contribution in [0, 0.1) is 0 Å². The normalized spacial score (nSPS) is 12.8. The van der Waals surface area contributed by atoms with Gasteiger partial charge in [-0.1, -0.05) is 48.0 Å². The molecule has 0 saturated heterocycles. The van der Waals surface area contributed by atoms with Crippen molar-refractivity contribution in [1.82, 2.24) is 0 Å². The van der Waals surface area contributed by atoms with E-state index in [2.05, 4.69) is 0 Å². The molecule has 0 atom stereocenters. The van der Waals surface area contributed by atoms with E-state index in [4.69, 9.17) is 16.3 Å². The molecule has 1 heterocycles. The number of hydrogen-bond donors (Lipinski definition) is 0. The lowest BCUT2D eigenvalue weighted by Crippen LogP contribution is -2.22. The summed E-state index contributed by atoms with van der Waals surface area (Å²) in [5, 5.41) is 0.488. The summed E-state index contributed by atoms with van der Waals surface area (Å²) in [6, 6.07) is 20.7. The molecule has 3 aromatic carbocycles. The predicted octanol–water partition coefficient (Wildman–Crippen LogP) is 4.88. The minimum Gasteiger partial charge on any atom is -0.465 e. The van der Waals surface area contributed by atoms with Crippen LogP contribution in [0.4, 0.5) is 5.69 Å². The fraction of sp³-hybridized carbons (Fsp3) is 0.130. The minimum atomic E-state index is -0.413. The highest BCUT2D eigenvalue weighted by molar-refractivity contribution is 6.31. The van der Waals surface area contributed by atoms with Gasteiger partial charge in [0.15, 0.2) is 0 Å². The fourth-order valence-corrected chi connectivity index (χ4v) is 3.70. The molecule has 0 fully saturated rings. The van der Waals surface area contributed by atoms with E-state index >= 15 is 0 Å². The molecule has 0 saturated carbocycles. The summed E-state index contributed by atoms with van der Waals surface area (Å²) < 4.78 is 4.87. The molecule has 0 aliphatic carbocycles. The lowest BCUT2D eigenvalue weighted by molar-refractivity contribution is 0.0599. The number of fused-ring (bicyclic) bond motifs is 1. The van der Waals surface area contributed by atoms with E-state index in [9.17, 15) is 9.59 Å². The third-order valence-corrected chi connectivity index (χ3v) is 5.15. The molecule has 0 spiro atoms. The highest BCUT2D eigenvalue weighted by Crippen LogP contribution is 2.30. The molecule has 5 heteroatoms. The molecule has 0 radical (unpaired) electrons. The third-order valence-electron chi connectivity index (χ3n) is 4.91. The quantitative estimate of drug-likeness (QED) is 0.595. The number of rotatable bonds is 4. The maximum absolute atomic E-state index is 12.7. The summed E-state index contributed by atoms with van der Waals surface area (Å²) in [5.41, 5.74) is 4.90. The molecule has 4 nitrogen and oxygen atoms in total. The summed E-state index contributed by atoms with van der Waals surface area (Å²) in [5.74, 6) is -0.404. The third kappa shape index (κ3) is 3.39. The Morgan fingerprint density at radius 3 is 2.61 bits per heavy atom. The van der Waals surface area contributed by atoms with E-state index in [1.54, 1.807) is 17.0 Å². The number of hydrogen-bond acceptors (Lipinski definition) is 3. The van der Waals surface area contributed by atoms with Crippen LogP contribution in [-0.2, 0) is 17.7 Å². The molecule has 0 N–H and O–H groups in total. The Balaban J connectivity index is 1.63. The monoisotopic (exact) mass is 391 g/mol. The summed E-state index contributed by atoms with van der Waals surface area (Å²) in [7, 11) is 1.35. The van der Waals surface area contributed by atoms with Crippen LogP contribution in [0.3, 0.4) is 0 Å². The van der Waals surface area contributed by atoms with E-state index in [1.807, 2.05) is 54.6 Å². The molecule has 3 aromatic rings. The molecule has 28 heavy (non-hydrogen) atoms. The van der Waals surface area contributed by atoms with Crippen molar-refractivity contribution in [2.24, 2.45) is 0 Å². The van der Waals surface area contributed by atoms with E-state index < -0.39 is 5.97 Å². The van der Waals surface area contributed by atoms with E-state index in [0.717, 1.165) is 27.9 Å². The average molecular weight is 392 g/mol. The molecule has 4 rings (SSSR count). The maximum atomic E-state index is 12.7. The molecule has 0 unspecified atom stereocenters. The van der Waals surface area contributed by atoms with Gasteiger partial charge in [-0.25, -0.2) is 4.79 Å². The van der Waals surface area contributed by atoms with Gasteiger partial charge in [0.1, 0.15) is 0 Å². The second kappa shape index (κ2) is 7.49. The van der Waals surface area contributed by atoms with Crippen molar-refractivity contribution in [2.45, 2.75) is 13.0 Å². The number of anilines is 1. The number of esters is 1. The Morgan fingerprint density at radius 1 is 1.07 bits per heavy atom. The second-order valence-corrected chi connectivity index (χ2v) is 7.12. The number of carbonyl (C=O) groups is 2. The van der Waals surface area contributed by atoms with Crippen LogP contribution in [0.15, 0.2) is 66.7 Å². The Labute approximate surface area is 168 Å². The lowest BCUT2D eigenvalue weighted by Gasteiger charge is -2.15. The number of nitrogens with zero attached hydrogens (tertiary/aromatic N) is 1. The van der Waals surface area contributed by atoms with Gasteiger partial charge in [-0.3, -0.25) is 4.79 Å². The molecule has 0 aromatic heterocycles. The number of halogens is 1. The number of methoxy groups -OCH3 is 1. The van der Waals surface area contributed by atoms with Gasteiger partial charge < -0.3 is 9.64 Å². The van der Waals surface area contributed by atoms with Gasteiger partial charge in [-0.05, 0) is 53.4 Å². The summed E-state index contributed by atoms with van der Waals surface area (Å²) in [4.78, 5) is 26.6. The molecular formula is C23H18ClNO3. The second-order valence-electron chi connectivity index (χ2n) is 6.69. The van der Waals surface area contributed by atoms with Gasteiger partial charge in [0.2, 0.25) is 0 Å². The maximum Gasteiger partial charge on any atom is 0.338 e. The van der Waals surface area contributed by atoms with Crippen molar-refractivity contribution in [1.29, 1.82) is 0 Å². The Morgan fingerprint density at radius 2 is 1.86 bits per heavy atom. The van der Waals surface area contributed by atoms with Crippen LogP contribution < -0.4 is 4.90 Å². The Kier molecular flexibility index (Phi) is 4.88. The Bertz CT molecular complexity index is 1060.